The average molecular weight is 327 g/mol. The van der Waals surface area contributed by atoms with Crippen LogP contribution in [-0.4, -0.2) is 12.6 Å². The molecule has 0 aliphatic carbocycles. The summed E-state index contributed by atoms with van der Waals surface area (Å²) in [6, 6.07) is 15.0. The van der Waals surface area contributed by atoms with E-state index < -0.39 is 0 Å². The highest BCUT2D eigenvalue weighted by atomic mass is 16.5. The first-order valence-corrected chi connectivity index (χ1v) is 8.80. The fraction of sp³-hybridized carbons (Fsp3) is 0.429. The number of rotatable bonds is 9. The third-order valence-corrected chi connectivity index (χ3v) is 4.22. The highest BCUT2D eigenvalue weighted by Crippen LogP contribution is 2.29. The monoisotopic (exact) mass is 327 g/mol. The van der Waals surface area contributed by atoms with E-state index in [2.05, 4.69) is 50.4 Å². The van der Waals surface area contributed by atoms with Crippen molar-refractivity contribution in [2.75, 3.05) is 6.61 Å². The SMILES string of the molecule is CCOc1cc(CN[C@H](C)CC)ccc1OCc1ccccc1C. The van der Waals surface area contributed by atoms with E-state index >= 15 is 0 Å². The minimum absolute atomic E-state index is 0.512. The van der Waals surface area contributed by atoms with E-state index in [0.29, 0.717) is 19.3 Å². The van der Waals surface area contributed by atoms with Crippen LogP contribution in [0.1, 0.15) is 43.9 Å². The molecule has 0 aliphatic rings. The zero-order chi connectivity index (χ0) is 17.4. The summed E-state index contributed by atoms with van der Waals surface area (Å²) in [6.45, 7) is 10.5. The van der Waals surface area contributed by atoms with Gasteiger partial charge in [0.2, 0.25) is 0 Å². The molecular formula is C21H29NO2. The van der Waals surface area contributed by atoms with Crippen LogP contribution < -0.4 is 14.8 Å². The van der Waals surface area contributed by atoms with Crippen LogP contribution in [0.25, 0.3) is 0 Å². The van der Waals surface area contributed by atoms with Crippen molar-refractivity contribution in [2.24, 2.45) is 0 Å². The maximum Gasteiger partial charge on any atom is 0.161 e. The van der Waals surface area contributed by atoms with Gasteiger partial charge in [-0.15, -0.1) is 0 Å². The molecule has 2 aromatic rings. The summed E-state index contributed by atoms with van der Waals surface area (Å²) >= 11 is 0. The van der Waals surface area contributed by atoms with Crippen LogP contribution >= 0.6 is 0 Å². The molecule has 0 aliphatic heterocycles. The van der Waals surface area contributed by atoms with E-state index in [-0.39, 0.29) is 0 Å². The second kappa shape index (κ2) is 9.33. The van der Waals surface area contributed by atoms with Gasteiger partial charge in [0.1, 0.15) is 6.61 Å². The van der Waals surface area contributed by atoms with Crippen molar-refractivity contribution in [3.05, 3.63) is 59.2 Å². The van der Waals surface area contributed by atoms with Gasteiger partial charge in [0.15, 0.2) is 11.5 Å². The Bertz CT molecular complexity index is 639. The summed E-state index contributed by atoms with van der Waals surface area (Å²) in [5.74, 6) is 1.61. The van der Waals surface area contributed by atoms with Crippen molar-refractivity contribution in [3.8, 4) is 11.5 Å². The van der Waals surface area contributed by atoms with Crippen LogP contribution in [0, 0.1) is 6.92 Å². The summed E-state index contributed by atoms with van der Waals surface area (Å²) in [6.07, 6.45) is 1.12. The summed E-state index contributed by atoms with van der Waals surface area (Å²) in [5.41, 5.74) is 3.65. The molecule has 1 atom stereocenters. The Hall–Kier alpha value is -2.00. The first-order valence-electron chi connectivity index (χ1n) is 8.80. The van der Waals surface area contributed by atoms with Crippen molar-refractivity contribution >= 4 is 0 Å². The minimum Gasteiger partial charge on any atom is -0.490 e. The molecule has 0 aromatic heterocycles. The smallest absolute Gasteiger partial charge is 0.161 e. The molecule has 3 nitrogen and oxygen atoms in total. The van der Waals surface area contributed by atoms with E-state index in [1.165, 1.54) is 16.7 Å². The molecule has 2 aromatic carbocycles. The Morgan fingerprint density at radius 2 is 1.79 bits per heavy atom. The minimum atomic E-state index is 0.512. The van der Waals surface area contributed by atoms with Gasteiger partial charge in [-0.1, -0.05) is 37.3 Å². The summed E-state index contributed by atoms with van der Waals surface area (Å²) in [7, 11) is 0. The Morgan fingerprint density at radius 1 is 1.00 bits per heavy atom. The zero-order valence-electron chi connectivity index (χ0n) is 15.3. The lowest BCUT2D eigenvalue weighted by Crippen LogP contribution is -2.24. The lowest BCUT2D eigenvalue weighted by molar-refractivity contribution is 0.268. The Balaban J connectivity index is 2.07. The fourth-order valence-electron chi connectivity index (χ4n) is 2.41. The van der Waals surface area contributed by atoms with Gasteiger partial charge in [0.05, 0.1) is 6.61 Å². The van der Waals surface area contributed by atoms with E-state index in [9.17, 15) is 0 Å². The largest absolute Gasteiger partial charge is 0.490 e. The topological polar surface area (TPSA) is 30.5 Å². The maximum absolute atomic E-state index is 6.01. The number of ether oxygens (including phenoxy) is 2. The lowest BCUT2D eigenvalue weighted by atomic mass is 10.1. The van der Waals surface area contributed by atoms with Crippen LogP contribution in [0.15, 0.2) is 42.5 Å². The van der Waals surface area contributed by atoms with Gasteiger partial charge < -0.3 is 14.8 Å². The number of aryl methyl sites for hydroxylation is 1. The lowest BCUT2D eigenvalue weighted by Gasteiger charge is -2.16. The van der Waals surface area contributed by atoms with Gasteiger partial charge in [0.25, 0.3) is 0 Å². The van der Waals surface area contributed by atoms with Crippen molar-refractivity contribution in [1.29, 1.82) is 0 Å². The molecule has 2 rings (SSSR count). The van der Waals surface area contributed by atoms with Crippen molar-refractivity contribution in [2.45, 2.75) is 53.3 Å². The average Bonchev–Trinajstić information content (AvgIpc) is 2.60. The van der Waals surface area contributed by atoms with Crippen LogP contribution in [0.3, 0.4) is 0 Å². The molecule has 0 saturated carbocycles. The number of benzene rings is 2. The molecule has 0 bridgehead atoms. The van der Waals surface area contributed by atoms with Crippen LogP contribution in [0.4, 0.5) is 0 Å². The summed E-state index contributed by atoms with van der Waals surface area (Å²) in [4.78, 5) is 0. The molecular weight excluding hydrogens is 298 g/mol. The van der Waals surface area contributed by atoms with Gasteiger partial charge in [-0.3, -0.25) is 0 Å². The third-order valence-electron chi connectivity index (χ3n) is 4.22. The Morgan fingerprint density at radius 3 is 2.50 bits per heavy atom. The number of nitrogens with one attached hydrogen (secondary N) is 1. The van der Waals surface area contributed by atoms with E-state index in [0.717, 1.165) is 24.5 Å². The number of hydrogen-bond acceptors (Lipinski definition) is 3. The standard InChI is InChI=1S/C21H29NO2/c1-5-17(4)22-14-18-11-12-20(21(13-18)23-6-2)24-15-19-10-8-7-9-16(19)3/h7-13,17,22H,5-6,14-15H2,1-4H3/t17-/m1/s1. The molecule has 0 amide bonds. The highest BCUT2D eigenvalue weighted by Gasteiger charge is 2.08. The summed E-state index contributed by atoms with van der Waals surface area (Å²) in [5, 5.41) is 3.51. The molecule has 0 saturated heterocycles. The molecule has 1 N–H and O–H groups in total. The van der Waals surface area contributed by atoms with E-state index in [1.54, 1.807) is 0 Å². The van der Waals surface area contributed by atoms with E-state index in [4.69, 9.17) is 9.47 Å². The second-order valence-corrected chi connectivity index (χ2v) is 6.12. The third kappa shape index (κ3) is 5.27. The molecule has 0 heterocycles. The quantitative estimate of drug-likeness (QED) is 0.713. The van der Waals surface area contributed by atoms with Gasteiger partial charge >= 0.3 is 0 Å². The molecule has 0 spiro atoms. The summed E-state index contributed by atoms with van der Waals surface area (Å²) < 4.78 is 11.8. The maximum atomic E-state index is 6.01. The second-order valence-electron chi connectivity index (χ2n) is 6.12. The zero-order valence-corrected chi connectivity index (χ0v) is 15.3. The van der Waals surface area contributed by atoms with Crippen LogP contribution in [0.5, 0.6) is 11.5 Å². The predicted molar refractivity (Wildman–Crippen MR) is 99.7 cm³/mol. The molecule has 0 radical (unpaired) electrons. The molecule has 0 fully saturated rings. The van der Waals surface area contributed by atoms with Gasteiger partial charge in [-0.25, -0.2) is 0 Å². The molecule has 3 heteroatoms. The van der Waals surface area contributed by atoms with Gasteiger partial charge in [-0.05, 0) is 56.0 Å². The number of hydrogen-bond donors (Lipinski definition) is 1. The Kier molecular flexibility index (Phi) is 7.13. The fourth-order valence-corrected chi connectivity index (χ4v) is 2.41. The van der Waals surface area contributed by atoms with E-state index in [1.807, 2.05) is 25.1 Å². The first-order chi connectivity index (χ1) is 11.6. The van der Waals surface area contributed by atoms with Crippen molar-refractivity contribution in [3.63, 3.8) is 0 Å². The van der Waals surface area contributed by atoms with Crippen molar-refractivity contribution < 1.29 is 9.47 Å². The van der Waals surface area contributed by atoms with Gasteiger partial charge in [-0.2, -0.15) is 0 Å². The first kappa shape index (κ1) is 18.3. The van der Waals surface area contributed by atoms with Crippen LogP contribution in [0.2, 0.25) is 0 Å². The normalized spacial score (nSPS) is 12.0. The van der Waals surface area contributed by atoms with Crippen LogP contribution in [-0.2, 0) is 13.2 Å². The predicted octanol–water partition coefficient (Wildman–Crippen LogP) is 4.86. The molecule has 24 heavy (non-hydrogen) atoms. The van der Waals surface area contributed by atoms with Gasteiger partial charge in [0, 0.05) is 12.6 Å². The highest BCUT2D eigenvalue weighted by molar-refractivity contribution is 5.43. The van der Waals surface area contributed by atoms with Crippen molar-refractivity contribution in [1.82, 2.24) is 5.32 Å². The molecule has 130 valence electrons. The molecule has 0 unspecified atom stereocenters. The Labute approximate surface area is 146 Å².